The molecule has 35 heavy (non-hydrogen) atoms. The van der Waals surface area contributed by atoms with Gasteiger partial charge in [-0.15, -0.1) is 26.3 Å². The zero-order chi connectivity index (χ0) is 26.5. The molecule has 6 nitrogen and oxygen atoms in total. The third kappa shape index (κ3) is 7.40. The van der Waals surface area contributed by atoms with Crippen LogP contribution in [0.3, 0.4) is 0 Å². The van der Waals surface area contributed by atoms with Crippen LogP contribution in [0.1, 0.15) is 104 Å². The summed E-state index contributed by atoms with van der Waals surface area (Å²) in [4.78, 5) is 30.7. The third-order valence-electron chi connectivity index (χ3n) is 7.19. The minimum absolute atomic E-state index is 0.263. The fourth-order valence-electron chi connectivity index (χ4n) is 5.34. The summed E-state index contributed by atoms with van der Waals surface area (Å²) in [6.45, 7) is 19.3. The molecule has 1 aliphatic heterocycles. The normalized spacial score (nSPS) is 18.7. The molecule has 1 heterocycles. The van der Waals surface area contributed by atoms with Crippen molar-refractivity contribution in [2.75, 3.05) is 0 Å². The Balaban J connectivity index is 3.18. The smallest absolute Gasteiger partial charge is 0.308 e. The van der Waals surface area contributed by atoms with Gasteiger partial charge in [-0.1, -0.05) is 89.0 Å². The van der Waals surface area contributed by atoms with Crippen LogP contribution in [0.15, 0.2) is 50.6 Å². The lowest BCUT2D eigenvalue weighted by Crippen LogP contribution is -2.64. The summed E-state index contributed by atoms with van der Waals surface area (Å²) < 4.78 is 0. The van der Waals surface area contributed by atoms with E-state index < -0.39 is 22.9 Å². The molecule has 1 rings (SSSR count). The second kappa shape index (κ2) is 14.4. The predicted octanol–water partition coefficient (Wildman–Crippen LogP) is 6.54. The van der Waals surface area contributed by atoms with Gasteiger partial charge in [-0.3, -0.25) is 9.69 Å². The summed E-state index contributed by atoms with van der Waals surface area (Å²) >= 11 is 0. The van der Waals surface area contributed by atoms with Crippen LogP contribution in [-0.4, -0.2) is 38.6 Å². The molecule has 0 aromatic rings. The van der Waals surface area contributed by atoms with Gasteiger partial charge in [-0.05, 0) is 13.3 Å². The van der Waals surface area contributed by atoms with Gasteiger partial charge >= 0.3 is 6.03 Å². The van der Waals surface area contributed by atoms with Crippen LogP contribution < -0.4 is 11.5 Å². The lowest BCUT2D eigenvalue weighted by molar-refractivity contribution is -0.138. The molecule has 4 N–H and O–H groups in total. The number of unbranched alkanes of at least 4 members (excludes halogenated alkanes) is 8. The molecule has 1 aliphatic rings. The maximum absolute atomic E-state index is 14.0. The largest absolute Gasteiger partial charge is 0.330 e. The molecule has 1 atom stereocenters. The van der Waals surface area contributed by atoms with E-state index in [4.69, 9.17) is 11.5 Å². The van der Waals surface area contributed by atoms with E-state index in [0.29, 0.717) is 19.3 Å². The van der Waals surface area contributed by atoms with Gasteiger partial charge in [0.05, 0.1) is 0 Å². The lowest BCUT2D eigenvalue weighted by atomic mass is 9.87. The van der Waals surface area contributed by atoms with Crippen LogP contribution in [0, 0.1) is 0 Å². The van der Waals surface area contributed by atoms with E-state index in [2.05, 4.69) is 33.2 Å². The van der Waals surface area contributed by atoms with Crippen LogP contribution in [0.5, 0.6) is 0 Å². The summed E-state index contributed by atoms with van der Waals surface area (Å²) in [6, 6.07) is -0.467. The molecular formula is C29H50N4O2. The SMILES string of the molecule is C=CCC(N)(CC=C)N1C(=O)N(C(N)(CC=C)CC=C)C(C)(CCCCCCCCCCC)C1=O. The summed E-state index contributed by atoms with van der Waals surface area (Å²) in [6.07, 6.45) is 18.9. The molecule has 198 valence electrons. The molecule has 0 aromatic heterocycles. The van der Waals surface area contributed by atoms with Gasteiger partial charge in [0, 0.05) is 25.7 Å². The number of rotatable bonds is 20. The fraction of sp³-hybridized carbons (Fsp3) is 0.655. The molecule has 0 aliphatic carbocycles. The summed E-state index contributed by atoms with van der Waals surface area (Å²) in [7, 11) is 0. The number of hydrogen-bond donors (Lipinski definition) is 2. The Morgan fingerprint density at radius 2 is 1.14 bits per heavy atom. The van der Waals surface area contributed by atoms with Crippen molar-refractivity contribution in [2.45, 2.75) is 121 Å². The average molecular weight is 487 g/mol. The summed E-state index contributed by atoms with van der Waals surface area (Å²) in [5, 5.41) is 0. The van der Waals surface area contributed by atoms with Gasteiger partial charge in [-0.2, -0.15) is 0 Å². The molecule has 0 aromatic carbocycles. The molecular weight excluding hydrogens is 436 g/mol. The Labute approximate surface area is 214 Å². The highest BCUT2D eigenvalue weighted by Crippen LogP contribution is 2.42. The van der Waals surface area contributed by atoms with Crippen molar-refractivity contribution in [1.82, 2.24) is 9.80 Å². The Morgan fingerprint density at radius 3 is 1.57 bits per heavy atom. The van der Waals surface area contributed by atoms with Crippen molar-refractivity contribution in [1.29, 1.82) is 0 Å². The van der Waals surface area contributed by atoms with Gasteiger partial charge in [0.25, 0.3) is 5.91 Å². The second-order valence-electron chi connectivity index (χ2n) is 10.3. The van der Waals surface area contributed by atoms with Crippen molar-refractivity contribution in [3.8, 4) is 0 Å². The first kappa shape index (κ1) is 30.9. The number of nitrogens with two attached hydrogens (primary N) is 2. The van der Waals surface area contributed by atoms with Crippen molar-refractivity contribution < 1.29 is 9.59 Å². The molecule has 0 bridgehead atoms. The zero-order valence-electron chi connectivity index (χ0n) is 22.4. The lowest BCUT2D eigenvalue weighted by Gasteiger charge is -2.44. The summed E-state index contributed by atoms with van der Waals surface area (Å²) in [5.41, 5.74) is 10.0. The molecule has 6 heteroatoms. The van der Waals surface area contributed by atoms with E-state index in [9.17, 15) is 9.59 Å². The van der Waals surface area contributed by atoms with E-state index in [1.807, 2.05) is 6.92 Å². The highest BCUT2D eigenvalue weighted by atomic mass is 16.2. The first-order valence-electron chi connectivity index (χ1n) is 13.3. The van der Waals surface area contributed by atoms with Crippen LogP contribution >= 0.6 is 0 Å². The molecule has 1 unspecified atom stereocenters. The number of hydrogen-bond acceptors (Lipinski definition) is 4. The van der Waals surface area contributed by atoms with Crippen LogP contribution in [0.25, 0.3) is 0 Å². The molecule has 1 fully saturated rings. The topological polar surface area (TPSA) is 92.7 Å². The first-order valence-corrected chi connectivity index (χ1v) is 13.3. The monoisotopic (exact) mass is 486 g/mol. The van der Waals surface area contributed by atoms with E-state index in [1.54, 1.807) is 29.2 Å². The maximum Gasteiger partial charge on any atom is 0.330 e. The Hall–Kier alpha value is -2.18. The number of carbonyl (C=O) groups is 2. The van der Waals surface area contributed by atoms with Crippen molar-refractivity contribution in [3.63, 3.8) is 0 Å². The number of nitrogens with zero attached hydrogens (tertiary/aromatic N) is 2. The molecule has 0 spiro atoms. The molecule has 3 amide bonds. The number of imide groups is 1. The van der Waals surface area contributed by atoms with Crippen molar-refractivity contribution in [2.24, 2.45) is 11.5 Å². The van der Waals surface area contributed by atoms with Crippen LogP contribution in [0.4, 0.5) is 4.79 Å². The zero-order valence-corrected chi connectivity index (χ0v) is 22.4. The van der Waals surface area contributed by atoms with Gasteiger partial charge < -0.3 is 11.5 Å². The third-order valence-corrected chi connectivity index (χ3v) is 7.19. The van der Waals surface area contributed by atoms with E-state index in [-0.39, 0.29) is 18.7 Å². The second-order valence-corrected chi connectivity index (χ2v) is 10.3. The minimum atomic E-state index is -1.24. The highest BCUT2D eigenvalue weighted by Gasteiger charge is 2.62. The number of amides is 3. The van der Waals surface area contributed by atoms with E-state index in [1.165, 1.54) is 43.4 Å². The van der Waals surface area contributed by atoms with Crippen LogP contribution in [-0.2, 0) is 4.79 Å². The Bertz CT molecular complexity index is 727. The average Bonchev–Trinajstić information content (AvgIpc) is 2.99. The van der Waals surface area contributed by atoms with E-state index >= 15 is 0 Å². The van der Waals surface area contributed by atoms with Gasteiger partial charge in [0.15, 0.2) is 0 Å². The first-order chi connectivity index (χ1) is 16.6. The van der Waals surface area contributed by atoms with Gasteiger partial charge in [0.2, 0.25) is 0 Å². The standard InChI is InChI=1S/C29H50N4O2/c1-7-12-13-14-15-16-17-18-19-24-27(6)25(34)32(28(30,20-8-2)21-9-3)26(35)33(27)29(31,22-10-4)23-11-5/h8-11H,2-5,7,12-24,30-31H2,1,6H3. The van der Waals surface area contributed by atoms with Crippen LogP contribution in [0.2, 0.25) is 0 Å². The molecule has 0 radical (unpaired) electrons. The molecule has 1 saturated heterocycles. The minimum Gasteiger partial charge on any atom is -0.308 e. The maximum atomic E-state index is 14.0. The van der Waals surface area contributed by atoms with E-state index in [0.717, 1.165) is 19.3 Å². The molecule has 0 saturated carbocycles. The van der Waals surface area contributed by atoms with Gasteiger partial charge in [0.1, 0.15) is 16.9 Å². The quantitative estimate of drug-likeness (QED) is 0.116. The Morgan fingerprint density at radius 1 is 0.743 bits per heavy atom. The fourth-order valence-corrected chi connectivity index (χ4v) is 5.34. The van der Waals surface area contributed by atoms with Crippen molar-refractivity contribution in [3.05, 3.63) is 50.6 Å². The van der Waals surface area contributed by atoms with Gasteiger partial charge in [-0.25, -0.2) is 9.69 Å². The Kier molecular flexibility index (Phi) is 12.7. The highest BCUT2D eigenvalue weighted by molar-refractivity contribution is 6.08. The number of urea groups is 1. The van der Waals surface area contributed by atoms with Crippen molar-refractivity contribution >= 4 is 11.9 Å². The summed E-state index contributed by atoms with van der Waals surface area (Å²) in [5.74, 6) is -0.309. The predicted molar refractivity (Wildman–Crippen MR) is 147 cm³/mol. The number of carbonyl (C=O) groups excluding carboxylic acids is 2.